The Morgan fingerprint density at radius 2 is 1.79 bits per heavy atom. The zero-order chi connectivity index (χ0) is 14.2. The van der Waals surface area contributed by atoms with E-state index in [4.69, 9.17) is 11.6 Å². The molecule has 0 aliphatic rings. The summed E-state index contributed by atoms with van der Waals surface area (Å²) >= 11 is 5.62. The number of hydrogen-bond acceptors (Lipinski definition) is 4. The fourth-order valence-electron chi connectivity index (χ4n) is 1.64. The summed E-state index contributed by atoms with van der Waals surface area (Å²) in [6.07, 6.45) is 0. The van der Waals surface area contributed by atoms with Gasteiger partial charge in [-0.2, -0.15) is 0 Å². The van der Waals surface area contributed by atoms with Crippen LogP contribution in [0.5, 0.6) is 0 Å². The topological polar surface area (TPSA) is 68.9 Å². The van der Waals surface area contributed by atoms with Gasteiger partial charge in [-0.25, -0.2) is 18.7 Å². The van der Waals surface area contributed by atoms with Gasteiger partial charge in [0.05, 0.1) is 4.92 Å². The molecule has 0 bridgehead atoms. The number of aryl methyl sites for hydroxylation is 1. The second-order valence-corrected chi connectivity index (χ2v) is 4.03. The minimum atomic E-state index is -0.864. The van der Waals surface area contributed by atoms with E-state index in [2.05, 4.69) is 9.97 Å². The molecule has 1 heterocycles. The lowest BCUT2D eigenvalue weighted by Crippen LogP contribution is -2.01. The van der Waals surface area contributed by atoms with Crippen molar-refractivity contribution in [2.75, 3.05) is 0 Å². The maximum absolute atomic E-state index is 13.2. The van der Waals surface area contributed by atoms with E-state index >= 15 is 0 Å². The van der Waals surface area contributed by atoms with Crippen LogP contribution < -0.4 is 0 Å². The van der Waals surface area contributed by atoms with Crippen molar-refractivity contribution < 1.29 is 13.7 Å². The van der Waals surface area contributed by atoms with Gasteiger partial charge in [0.2, 0.25) is 5.28 Å². The van der Waals surface area contributed by atoms with Crippen molar-refractivity contribution in [3.05, 3.63) is 50.9 Å². The second-order valence-electron chi connectivity index (χ2n) is 3.69. The molecule has 0 fully saturated rings. The Kier molecular flexibility index (Phi) is 3.39. The molecule has 0 aliphatic carbocycles. The average molecular weight is 286 g/mol. The number of nitro groups is 1. The van der Waals surface area contributed by atoms with Crippen molar-refractivity contribution in [3.63, 3.8) is 0 Å². The Balaban J connectivity index is 2.77. The van der Waals surface area contributed by atoms with Crippen molar-refractivity contribution in [3.8, 4) is 11.3 Å². The first kappa shape index (κ1) is 13.3. The van der Waals surface area contributed by atoms with E-state index in [1.54, 1.807) is 0 Å². The number of nitrogens with zero attached hydrogens (tertiary/aromatic N) is 3. The highest BCUT2D eigenvalue weighted by Crippen LogP contribution is 2.31. The lowest BCUT2D eigenvalue weighted by atomic mass is 10.1. The first-order chi connectivity index (χ1) is 8.88. The van der Waals surface area contributed by atoms with Gasteiger partial charge < -0.3 is 0 Å². The quantitative estimate of drug-likeness (QED) is 0.482. The van der Waals surface area contributed by atoms with Gasteiger partial charge in [0.1, 0.15) is 17.3 Å². The van der Waals surface area contributed by atoms with Crippen molar-refractivity contribution in [1.82, 2.24) is 9.97 Å². The van der Waals surface area contributed by atoms with E-state index in [1.165, 1.54) is 6.92 Å². The Morgan fingerprint density at radius 1 is 1.21 bits per heavy atom. The van der Waals surface area contributed by atoms with Crippen molar-refractivity contribution in [1.29, 1.82) is 0 Å². The van der Waals surface area contributed by atoms with Gasteiger partial charge in [0, 0.05) is 11.6 Å². The van der Waals surface area contributed by atoms with Crippen molar-refractivity contribution >= 4 is 17.3 Å². The van der Waals surface area contributed by atoms with Gasteiger partial charge in [-0.1, -0.05) is 0 Å². The monoisotopic (exact) mass is 285 g/mol. The van der Waals surface area contributed by atoms with Gasteiger partial charge in [-0.15, -0.1) is 0 Å². The molecule has 2 rings (SSSR count). The van der Waals surface area contributed by atoms with Crippen LogP contribution in [-0.2, 0) is 0 Å². The largest absolute Gasteiger partial charge is 0.316 e. The average Bonchev–Trinajstić information content (AvgIpc) is 2.25. The van der Waals surface area contributed by atoms with Crippen LogP contribution in [0.4, 0.5) is 14.5 Å². The summed E-state index contributed by atoms with van der Waals surface area (Å²) in [4.78, 5) is 17.6. The number of halogens is 3. The molecule has 0 radical (unpaired) electrons. The van der Waals surface area contributed by atoms with E-state index in [0.717, 1.165) is 12.1 Å². The number of benzene rings is 1. The fraction of sp³-hybridized carbons (Fsp3) is 0.0909. The minimum absolute atomic E-state index is 0.0182. The molecule has 0 aliphatic heterocycles. The molecular weight excluding hydrogens is 280 g/mol. The molecule has 2 aromatic rings. The minimum Gasteiger partial charge on any atom is -0.258 e. The van der Waals surface area contributed by atoms with Crippen molar-refractivity contribution in [2.24, 2.45) is 0 Å². The summed E-state index contributed by atoms with van der Waals surface area (Å²) in [5.74, 6) is -1.73. The Morgan fingerprint density at radius 3 is 2.32 bits per heavy atom. The van der Waals surface area contributed by atoms with Gasteiger partial charge in [-0.05, 0) is 30.7 Å². The fourth-order valence-corrected chi connectivity index (χ4v) is 1.85. The molecule has 0 N–H and O–H groups in total. The summed E-state index contributed by atoms with van der Waals surface area (Å²) in [5, 5.41) is 10.8. The molecule has 0 spiro atoms. The molecule has 0 atom stereocenters. The zero-order valence-electron chi connectivity index (χ0n) is 9.52. The van der Waals surface area contributed by atoms with E-state index in [0.29, 0.717) is 6.07 Å². The lowest BCUT2D eigenvalue weighted by Gasteiger charge is -2.05. The SMILES string of the molecule is Cc1nc(Cl)nc(-c2cc(F)cc(F)c2)c1[N+](=O)[O-]. The van der Waals surface area contributed by atoms with E-state index in [9.17, 15) is 18.9 Å². The molecule has 1 aromatic heterocycles. The third-order valence-electron chi connectivity index (χ3n) is 2.35. The smallest absolute Gasteiger partial charge is 0.258 e. The summed E-state index contributed by atoms with van der Waals surface area (Å²) in [6.45, 7) is 1.37. The predicted octanol–water partition coefficient (Wildman–Crippen LogP) is 3.29. The van der Waals surface area contributed by atoms with Crippen LogP contribution >= 0.6 is 11.6 Å². The van der Waals surface area contributed by atoms with Gasteiger partial charge in [0.15, 0.2) is 5.69 Å². The predicted molar refractivity (Wildman–Crippen MR) is 63.8 cm³/mol. The highest BCUT2D eigenvalue weighted by Gasteiger charge is 2.23. The molecule has 19 heavy (non-hydrogen) atoms. The first-order valence-electron chi connectivity index (χ1n) is 5.03. The molecule has 1 aromatic carbocycles. The van der Waals surface area contributed by atoms with Crippen LogP contribution in [0.3, 0.4) is 0 Å². The number of aromatic nitrogens is 2. The summed E-state index contributed by atoms with van der Waals surface area (Å²) in [7, 11) is 0. The third-order valence-corrected chi connectivity index (χ3v) is 2.52. The zero-order valence-corrected chi connectivity index (χ0v) is 10.3. The number of rotatable bonds is 2. The Hall–Kier alpha value is -2.15. The molecule has 98 valence electrons. The van der Waals surface area contributed by atoms with Gasteiger partial charge in [-0.3, -0.25) is 10.1 Å². The Labute approximate surface area is 111 Å². The molecule has 8 heteroatoms. The maximum Gasteiger partial charge on any atom is 0.316 e. The van der Waals surface area contributed by atoms with E-state index in [-0.39, 0.29) is 22.2 Å². The van der Waals surface area contributed by atoms with Crippen LogP contribution in [0, 0.1) is 28.7 Å². The van der Waals surface area contributed by atoms with Crippen LogP contribution in [-0.4, -0.2) is 14.9 Å². The second kappa shape index (κ2) is 4.85. The summed E-state index contributed by atoms with van der Waals surface area (Å²) in [6, 6.07) is 2.54. The molecular formula is C11H6ClF2N3O2. The molecule has 0 amide bonds. The third kappa shape index (κ3) is 2.65. The van der Waals surface area contributed by atoms with Gasteiger partial charge in [0.25, 0.3) is 0 Å². The van der Waals surface area contributed by atoms with Crippen LogP contribution in [0.1, 0.15) is 5.69 Å². The van der Waals surface area contributed by atoms with Gasteiger partial charge >= 0.3 is 5.69 Å². The van der Waals surface area contributed by atoms with Crippen LogP contribution in [0.2, 0.25) is 5.28 Å². The normalized spacial score (nSPS) is 10.5. The van der Waals surface area contributed by atoms with Crippen LogP contribution in [0.25, 0.3) is 11.3 Å². The van der Waals surface area contributed by atoms with E-state index in [1.807, 2.05) is 0 Å². The standard InChI is InChI=1S/C11H6ClF2N3O2/c1-5-10(17(18)19)9(16-11(12)15-5)6-2-7(13)4-8(14)3-6/h2-4H,1H3. The van der Waals surface area contributed by atoms with Crippen molar-refractivity contribution in [2.45, 2.75) is 6.92 Å². The first-order valence-corrected chi connectivity index (χ1v) is 5.41. The summed E-state index contributed by atoms with van der Waals surface area (Å²) in [5.41, 5.74) is -0.712. The van der Waals surface area contributed by atoms with Crippen LogP contribution in [0.15, 0.2) is 18.2 Å². The lowest BCUT2D eigenvalue weighted by molar-refractivity contribution is -0.385. The van der Waals surface area contributed by atoms with E-state index < -0.39 is 22.2 Å². The molecule has 0 saturated carbocycles. The highest BCUT2D eigenvalue weighted by molar-refractivity contribution is 6.28. The maximum atomic E-state index is 13.2. The molecule has 5 nitrogen and oxygen atoms in total. The molecule has 0 unspecified atom stereocenters. The summed E-state index contributed by atoms with van der Waals surface area (Å²) < 4.78 is 26.3. The number of hydrogen-bond donors (Lipinski definition) is 0. The highest BCUT2D eigenvalue weighted by atomic mass is 35.5. The molecule has 0 saturated heterocycles. The Bertz CT molecular complexity index is 659.